The number of hydrogen-bond acceptors (Lipinski definition) is 1. The van der Waals surface area contributed by atoms with E-state index in [4.69, 9.17) is 0 Å². The summed E-state index contributed by atoms with van der Waals surface area (Å²) < 4.78 is 0. The topological polar surface area (TPSA) is 12.0 Å². The number of nitrogens with one attached hydrogen (secondary N) is 1. The Morgan fingerprint density at radius 3 is 2.40 bits per heavy atom. The summed E-state index contributed by atoms with van der Waals surface area (Å²) in [6, 6.07) is 0.833. The minimum Gasteiger partial charge on any atom is -0.313 e. The first-order valence-electron chi connectivity index (χ1n) is 7.03. The van der Waals surface area contributed by atoms with Gasteiger partial charge in [0.25, 0.3) is 0 Å². The highest BCUT2D eigenvalue weighted by Crippen LogP contribution is 2.44. The second-order valence-electron chi connectivity index (χ2n) is 5.84. The van der Waals surface area contributed by atoms with Gasteiger partial charge in [0, 0.05) is 12.6 Å². The molecule has 15 heavy (non-hydrogen) atoms. The highest BCUT2D eigenvalue weighted by Gasteiger charge is 2.37. The van der Waals surface area contributed by atoms with Crippen molar-refractivity contribution >= 4 is 0 Å². The second-order valence-corrected chi connectivity index (χ2v) is 5.84. The molecule has 2 saturated carbocycles. The van der Waals surface area contributed by atoms with Gasteiger partial charge < -0.3 is 5.32 Å². The van der Waals surface area contributed by atoms with Gasteiger partial charge in [-0.05, 0) is 49.9 Å². The molecule has 2 rings (SSSR count). The van der Waals surface area contributed by atoms with E-state index in [9.17, 15) is 0 Å². The van der Waals surface area contributed by atoms with Gasteiger partial charge in [0.2, 0.25) is 0 Å². The van der Waals surface area contributed by atoms with E-state index in [0.717, 1.165) is 12.0 Å². The first kappa shape index (κ1) is 11.4. The average Bonchev–Trinajstić information content (AvgIpc) is 2.98. The van der Waals surface area contributed by atoms with Crippen LogP contribution in [-0.2, 0) is 0 Å². The van der Waals surface area contributed by atoms with Crippen LogP contribution in [0.2, 0.25) is 0 Å². The SMILES string of the molecule is CCCC1(CNC(CC)C2CC2)CCC1. The van der Waals surface area contributed by atoms with Gasteiger partial charge in [0.05, 0.1) is 0 Å². The molecule has 2 fully saturated rings. The first-order valence-corrected chi connectivity index (χ1v) is 7.03. The van der Waals surface area contributed by atoms with E-state index in [1.54, 1.807) is 0 Å². The van der Waals surface area contributed by atoms with Crippen LogP contribution in [0.1, 0.15) is 65.2 Å². The summed E-state index contributed by atoms with van der Waals surface area (Å²) in [5.41, 5.74) is 0.705. The molecule has 1 unspecified atom stereocenters. The van der Waals surface area contributed by atoms with Gasteiger partial charge >= 0.3 is 0 Å². The van der Waals surface area contributed by atoms with Crippen LogP contribution in [0, 0.1) is 11.3 Å². The van der Waals surface area contributed by atoms with Crippen molar-refractivity contribution in [3.05, 3.63) is 0 Å². The summed E-state index contributed by atoms with van der Waals surface area (Å²) in [5.74, 6) is 1.02. The van der Waals surface area contributed by atoms with Crippen LogP contribution < -0.4 is 5.32 Å². The maximum absolute atomic E-state index is 3.86. The fraction of sp³-hybridized carbons (Fsp3) is 1.00. The smallest absolute Gasteiger partial charge is 0.00929 e. The Morgan fingerprint density at radius 1 is 1.27 bits per heavy atom. The Kier molecular flexibility index (Phi) is 3.71. The fourth-order valence-electron chi connectivity index (χ4n) is 3.21. The van der Waals surface area contributed by atoms with Crippen molar-refractivity contribution in [2.45, 2.75) is 71.3 Å². The van der Waals surface area contributed by atoms with Gasteiger partial charge in [-0.15, -0.1) is 0 Å². The third-order valence-electron chi connectivity index (χ3n) is 4.56. The van der Waals surface area contributed by atoms with Crippen molar-refractivity contribution < 1.29 is 0 Å². The summed E-state index contributed by atoms with van der Waals surface area (Å²) in [6.45, 7) is 5.97. The van der Waals surface area contributed by atoms with Crippen LogP contribution in [0.25, 0.3) is 0 Å². The normalized spacial score (nSPS) is 26.0. The van der Waals surface area contributed by atoms with Gasteiger partial charge in [-0.2, -0.15) is 0 Å². The Hall–Kier alpha value is -0.0400. The molecule has 88 valence electrons. The monoisotopic (exact) mass is 209 g/mol. The summed E-state index contributed by atoms with van der Waals surface area (Å²) >= 11 is 0. The van der Waals surface area contributed by atoms with E-state index in [1.165, 1.54) is 57.9 Å². The second kappa shape index (κ2) is 4.86. The molecule has 0 aromatic rings. The van der Waals surface area contributed by atoms with Crippen LogP contribution in [0.5, 0.6) is 0 Å². The molecule has 0 radical (unpaired) electrons. The lowest BCUT2D eigenvalue weighted by molar-refractivity contribution is 0.109. The summed E-state index contributed by atoms with van der Waals surface area (Å²) in [6.07, 6.45) is 11.5. The Labute approximate surface area is 95.0 Å². The predicted molar refractivity (Wildman–Crippen MR) is 66.0 cm³/mol. The minimum atomic E-state index is 0.705. The molecule has 1 heteroatoms. The van der Waals surface area contributed by atoms with Crippen molar-refractivity contribution in [3.63, 3.8) is 0 Å². The van der Waals surface area contributed by atoms with Gasteiger partial charge in [-0.1, -0.05) is 26.7 Å². The fourth-order valence-corrected chi connectivity index (χ4v) is 3.21. The van der Waals surface area contributed by atoms with Gasteiger partial charge in [0.1, 0.15) is 0 Å². The molecule has 0 aromatic carbocycles. The Morgan fingerprint density at radius 2 is 2.00 bits per heavy atom. The summed E-state index contributed by atoms with van der Waals surface area (Å²) in [4.78, 5) is 0. The molecule has 0 saturated heterocycles. The molecule has 2 aliphatic rings. The minimum absolute atomic E-state index is 0.705. The van der Waals surface area contributed by atoms with Crippen LogP contribution in [0.15, 0.2) is 0 Å². The Balaban J connectivity index is 1.74. The van der Waals surface area contributed by atoms with E-state index in [-0.39, 0.29) is 0 Å². The van der Waals surface area contributed by atoms with Crippen LogP contribution in [0.4, 0.5) is 0 Å². The van der Waals surface area contributed by atoms with Crippen LogP contribution >= 0.6 is 0 Å². The lowest BCUT2D eigenvalue weighted by Crippen LogP contribution is -2.44. The van der Waals surface area contributed by atoms with Crippen molar-refractivity contribution in [3.8, 4) is 0 Å². The third kappa shape index (κ3) is 2.75. The molecule has 0 bridgehead atoms. The summed E-state index contributed by atoms with van der Waals surface area (Å²) in [7, 11) is 0. The van der Waals surface area contributed by atoms with Crippen molar-refractivity contribution in [2.24, 2.45) is 11.3 Å². The average molecular weight is 209 g/mol. The molecule has 0 aliphatic heterocycles. The van der Waals surface area contributed by atoms with Crippen LogP contribution in [-0.4, -0.2) is 12.6 Å². The molecule has 1 nitrogen and oxygen atoms in total. The van der Waals surface area contributed by atoms with E-state index in [0.29, 0.717) is 5.41 Å². The molecule has 0 amide bonds. The molecule has 0 spiro atoms. The molecule has 1 atom stereocenters. The standard InChI is InChI=1S/C14H27N/c1-3-8-14(9-5-10-14)11-15-13(4-2)12-6-7-12/h12-13,15H,3-11H2,1-2H3. The van der Waals surface area contributed by atoms with E-state index in [1.807, 2.05) is 0 Å². The molecule has 1 N–H and O–H groups in total. The molecular formula is C14H27N. The third-order valence-corrected chi connectivity index (χ3v) is 4.56. The molecule has 0 aromatic heterocycles. The van der Waals surface area contributed by atoms with Crippen molar-refractivity contribution in [1.29, 1.82) is 0 Å². The molecule has 0 heterocycles. The highest BCUT2D eigenvalue weighted by atomic mass is 14.9. The van der Waals surface area contributed by atoms with Crippen molar-refractivity contribution in [2.75, 3.05) is 6.54 Å². The number of hydrogen-bond donors (Lipinski definition) is 1. The maximum Gasteiger partial charge on any atom is 0.00929 e. The predicted octanol–water partition coefficient (Wildman–Crippen LogP) is 3.74. The van der Waals surface area contributed by atoms with Crippen LogP contribution in [0.3, 0.4) is 0 Å². The van der Waals surface area contributed by atoms with Gasteiger partial charge in [-0.25, -0.2) is 0 Å². The Bertz CT molecular complexity index is 192. The zero-order valence-corrected chi connectivity index (χ0v) is 10.5. The van der Waals surface area contributed by atoms with E-state index >= 15 is 0 Å². The maximum atomic E-state index is 3.86. The first-order chi connectivity index (χ1) is 7.29. The largest absolute Gasteiger partial charge is 0.313 e. The van der Waals surface area contributed by atoms with Gasteiger partial charge in [-0.3, -0.25) is 0 Å². The zero-order chi connectivity index (χ0) is 10.7. The highest BCUT2D eigenvalue weighted by molar-refractivity contribution is 4.92. The molecule has 2 aliphatic carbocycles. The summed E-state index contributed by atoms with van der Waals surface area (Å²) in [5, 5.41) is 3.86. The lowest BCUT2D eigenvalue weighted by Gasteiger charge is -2.43. The quantitative estimate of drug-likeness (QED) is 0.673. The zero-order valence-electron chi connectivity index (χ0n) is 10.5. The van der Waals surface area contributed by atoms with Gasteiger partial charge in [0.15, 0.2) is 0 Å². The van der Waals surface area contributed by atoms with E-state index < -0.39 is 0 Å². The van der Waals surface area contributed by atoms with E-state index in [2.05, 4.69) is 19.2 Å². The molecular weight excluding hydrogens is 182 g/mol. The lowest BCUT2D eigenvalue weighted by atomic mass is 9.66. The number of rotatable bonds is 7. The van der Waals surface area contributed by atoms with Crippen molar-refractivity contribution in [1.82, 2.24) is 5.32 Å².